The van der Waals surface area contributed by atoms with Crippen LogP contribution < -0.4 is 4.90 Å². The van der Waals surface area contributed by atoms with Crippen LogP contribution in [-0.4, -0.2) is 80.0 Å². The molecule has 10 nitrogen and oxygen atoms in total. The summed E-state index contributed by atoms with van der Waals surface area (Å²) in [6.45, 7) is 6.38. The number of aryl methyl sites for hydroxylation is 2. The molecule has 5 heterocycles. The van der Waals surface area contributed by atoms with Crippen molar-refractivity contribution in [1.82, 2.24) is 34.2 Å². The molecular weight excluding hydrogens is 468 g/mol. The first-order valence-corrected chi connectivity index (χ1v) is 13.0. The van der Waals surface area contributed by atoms with Gasteiger partial charge in [0.05, 0.1) is 18.9 Å². The maximum absolute atomic E-state index is 12.5. The van der Waals surface area contributed by atoms with Crippen molar-refractivity contribution in [3.05, 3.63) is 42.4 Å². The van der Waals surface area contributed by atoms with E-state index >= 15 is 0 Å². The van der Waals surface area contributed by atoms with Crippen LogP contribution in [-0.2, 0) is 23.1 Å². The summed E-state index contributed by atoms with van der Waals surface area (Å²) in [4.78, 5) is 31.8. The van der Waals surface area contributed by atoms with Crippen molar-refractivity contribution < 1.29 is 9.53 Å². The Morgan fingerprint density at radius 3 is 2.57 bits per heavy atom. The molecule has 0 bridgehead atoms. The largest absolute Gasteiger partial charge is 0.378 e. The van der Waals surface area contributed by atoms with Crippen molar-refractivity contribution in [3.63, 3.8) is 0 Å². The Balaban J connectivity index is 1.50. The van der Waals surface area contributed by atoms with Crippen LogP contribution in [0.3, 0.4) is 0 Å². The van der Waals surface area contributed by atoms with Gasteiger partial charge in [-0.2, -0.15) is 5.10 Å². The van der Waals surface area contributed by atoms with E-state index in [1.165, 1.54) is 0 Å². The highest BCUT2D eigenvalue weighted by molar-refractivity contribution is 5.87. The Morgan fingerprint density at radius 1 is 1.03 bits per heavy atom. The van der Waals surface area contributed by atoms with E-state index in [4.69, 9.17) is 19.7 Å². The molecule has 0 saturated carbocycles. The molecule has 0 spiro atoms. The van der Waals surface area contributed by atoms with E-state index in [1.54, 1.807) is 9.58 Å². The van der Waals surface area contributed by atoms with Crippen LogP contribution in [0, 0.1) is 0 Å². The Hall–Kier alpha value is -3.79. The van der Waals surface area contributed by atoms with Gasteiger partial charge >= 0.3 is 0 Å². The molecule has 1 amide bonds. The van der Waals surface area contributed by atoms with Crippen molar-refractivity contribution in [2.75, 3.05) is 44.8 Å². The van der Waals surface area contributed by atoms with Crippen molar-refractivity contribution >= 4 is 22.9 Å². The number of nitrogens with zero attached hydrogens (tertiary/aromatic N) is 8. The molecule has 2 aliphatic rings. The second kappa shape index (κ2) is 9.59. The summed E-state index contributed by atoms with van der Waals surface area (Å²) in [5.41, 5.74) is 4.48. The highest BCUT2D eigenvalue weighted by atomic mass is 16.5. The molecule has 2 fully saturated rings. The number of hydrogen-bond acceptors (Lipinski definition) is 7. The van der Waals surface area contributed by atoms with Gasteiger partial charge in [-0.05, 0) is 25.5 Å². The summed E-state index contributed by atoms with van der Waals surface area (Å²) in [6.07, 6.45) is 3.31. The summed E-state index contributed by atoms with van der Waals surface area (Å²) in [7, 11) is 3.79. The number of imidazole rings is 1. The molecule has 10 heteroatoms. The van der Waals surface area contributed by atoms with Crippen LogP contribution in [0.1, 0.15) is 31.5 Å². The minimum Gasteiger partial charge on any atom is -0.378 e. The molecule has 1 unspecified atom stereocenters. The lowest BCUT2D eigenvalue weighted by Gasteiger charge is -2.28. The van der Waals surface area contributed by atoms with E-state index in [2.05, 4.69) is 33.6 Å². The molecule has 4 aromatic rings. The van der Waals surface area contributed by atoms with Crippen LogP contribution in [0.5, 0.6) is 0 Å². The lowest BCUT2D eigenvalue weighted by atomic mass is 9.95. The molecule has 3 aromatic heterocycles. The van der Waals surface area contributed by atoms with Crippen LogP contribution in [0.4, 0.5) is 5.82 Å². The fraction of sp³-hybridized carbons (Fsp3) is 0.444. The van der Waals surface area contributed by atoms with Gasteiger partial charge in [0.15, 0.2) is 22.8 Å². The minimum atomic E-state index is 0.0753. The zero-order chi connectivity index (χ0) is 25.5. The number of benzene rings is 1. The van der Waals surface area contributed by atoms with Crippen LogP contribution >= 0.6 is 0 Å². The molecule has 0 aliphatic carbocycles. The summed E-state index contributed by atoms with van der Waals surface area (Å²) in [6, 6.07) is 10.2. The zero-order valence-corrected chi connectivity index (χ0v) is 21.6. The summed E-state index contributed by atoms with van der Waals surface area (Å²) in [5, 5.41) is 4.56. The summed E-state index contributed by atoms with van der Waals surface area (Å²) in [5.74, 6) is 2.66. The van der Waals surface area contributed by atoms with Crippen molar-refractivity contribution in [3.8, 4) is 22.6 Å². The molecule has 0 radical (unpaired) electrons. The number of carbonyl (C=O) groups is 1. The molecule has 6 rings (SSSR count). The first kappa shape index (κ1) is 23.6. The third kappa shape index (κ3) is 4.35. The standard InChI is InChI=1S/C27H32N8O2/c1-4-35-25(20-8-10-32(2)22(36)17-20)28-23-26(34-12-14-37-15-13-34)29-24(30-27(23)35)19-7-5-6-18(16-19)21-9-11-33(3)31-21/h5-7,9,11,16,20H,4,8,10,12-15,17H2,1-3H3. The van der Waals surface area contributed by atoms with Gasteiger partial charge in [-0.15, -0.1) is 0 Å². The Bertz CT molecular complexity index is 1450. The Kier molecular flexibility index (Phi) is 6.11. The molecule has 1 atom stereocenters. The third-order valence-corrected chi connectivity index (χ3v) is 7.39. The highest BCUT2D eigenvalue weighted by Gasteiger charge is 2.31. The number of piperidine rings is 1. The molecule has 2 aliphatic heterocycles. The van der Waals surface area contributed by atoms with Gasteiger partial charge in [-0.3, -0.25) is 9.48 Å². The van der Waals surface area contributed by atoms with Crippen molar-refractivity contribution in [1.29, 1.82) is 0 Å². The molecule has 192 valence electrons. The number of carbonyl (C=O) groups excluding carboxylic acids is 1. The number of aromatic nitrogens is 6. The number of rotatable bonds is 5. The smallest absolute Gasteiger partial charge is 0.223 e. The van der Waals surface area contributed by atoms with E-state index in [0.717, 1.165) is 72.2 Å². The monoisotopic (exact) mass is 500 g/mol. The number of hydrogen-bond donors (Lipinski definition) is 0. The van der Waals surface area contributed by atoms with Crippen molar-refractivity contribution in [2.24, 2.45) is 7.05 Å². The second-order valence-corrected chi connectivity index (χ2v) is 9.82. The number of morpholine rings is 1. The van der Waals surface area contributed by atoms with Gasteiger partial charge in [0.1, 0.15) is 5.82 Å². The van der Waals surface area contributed by atoms with Crippen LogP contribution in [0.2, 0.25) is 0 Å². The lowest BCUT2D eigenvalue weighted by molar-refractivity contribution is -0.132. The predicted octanol–water partition coefficient (Wildman–Crippen LogP) is 3.09. The molecule has 37 heavy (non-hydrogen) atoms. The van der Waals surface area contributed by atoms with Crippen LogP contribution in [0.15, 0.2) is 36.5 Å². The fourth-order valence-corrected chi connectivity index (χ4v) is 5.30. The van der Waals surface area contributed by atoms with E-state index in [1.807, 2.05) is 38.5 Å². The second-order valence-electron chi connectivity index (χ2n) is 9.82. The average molecular weight is 501 g/mol. The fourth-order valence-electron chi connectivity index (χ4n) is 5.30. The summed E-state index contributed by atoms with van der Waals surface area (Å²) < 4.78 is 9.60. The Labute approximate surface area is 215 Å². The zero-order valence-electron chi connectivity index (χ0n) is 21.6. The first-order valence-electron chi connectivity index (χ1n) is 13.0. The molecule has 2 saturated heterocycles. The third-order valence-electron chi connectivity index (χ3n) is 7.39. The molecular formula is C27H32N8O2. The van der Waals surface area contributed by atoms with Gasteiger partial charge in [0, 0.05) is 69.9 Å². The van der Waals surface area contributed by atoms with E-state index in [-0.39, 0.29) is 11.8 Å². The van der Waals surface area contributed by atoms with E-state index in [9.17, 15) is 4.79 Å². The lowest BCUT2D eigenvalue weighted by Crippen LogP contribution is -2.37. The number of anilines is 1. The first-order chi connectivity index (χ1) is 18.0. The predicted molar refractivity (Wildman–Crippen MR) is 141 cm³/mol. The quantitative estimate of drug-likeness (QED) is 0.416. The average Bonchev–Trinajstić information content (AvgIpc) is 3.53. The maximum Gasteiger partial charge on any atom is 0.223 e. The molecule has 0 N–H and O–H groups in total. The van der Waals surface area contributed by atoms with E-state index < -0.39 is 0 Å². The van der Waals surface area contributed by atoms with Gasteiger partial charge in [0.2, 0.25) is 5.91 Å². The van der Waals surface area contributed by atoms with Crippen LogP contribution in [0.25, 0.3) is 33.8 Å². The number of ether oxygens (including phenoxy) is 1. The summed E-state index contributed by atoms with van der Waals surface area (Å²) >= 11 is 0. The van der Waals surface area contributed by atoms with Gasteiger partial charge in [-0.25, -0.2) is 15.0 Å². The Morgan fingerprint density at radius 2 is 1.84 bits per heavy atom. The number of likely N-dealkylation sites (tertiary alicyclic amines) is 1. The topological polar surface area (TPSA) is 94.2 Å². The maximum atomic E-state index is 12.5. The minimum absolute atomic E-state index is 0.0753. The normalized spacial score (nSPS) is 18.7. The van der Waals surface area contributed by atoms with Crippen molar-refractivity contribution in [2.45, 2.75) is 32.2 Å². The van der Waals surface area contributed by atoms with E-state index in [0.29, 0.717) is 25.5 Å². The van der Waals surface area contributed by atoms with Gasteiger partial charge in [-0.1, -0.05) is 18.2 Å². The highest BCUT2D eigenvalue weighted by Crippen LogP contribution is 2.34. The molecule has 1 aromatic carbocycles. The van der Waals surface area contributed by atoms with Gasteiger partial charge in [0.25, 0.3) is 0 Å². The van der Waals surface area contributed by atoms with Gasteiger partial charge < -0.3 is 19.1 Å². The SMILES string of the molecule is CCn1c(C2CCN(C)C(=O)C2)nc2c(N3CCOCC3)nc(-c3cccc(-c4ccn(C)n4)c3)nc21. The number of fused-ring (bicyclic) bond motifs is 1. The number of amides is 1.